The molecule has 0 spiro atoms. The Morgan fingerprint density at radius 2 is 1.83 bits per heavy atom. The van der Waals surface area contributed by atoms with Gasteiger partial charge < -0.3 is 9.80 Å². The molecule has 0 aliphatic carbocycles. The maximum atomic E-state index is 11.0. The molecule has 6 heteroatoms. The first-order chi connectivity index (χ1) is 11.1. The van der Waals surface area contributed by atoms with Gasteiger partial charge in [-0.2, -0.15) is 0 Å². The third-order valence-electron chi connectivity index (χ3n) is 4.25. The van der Waals surface area contributed by atoms with Crippen LogP contribution in [0.25, 0.3) is 0 Å². The zero-order valence-electron chi connectivity index (χ0n) is 12.7. The van der Waals surface area contributed by atoms with Gasteiger partial charge in [-0.3, -0.25) is 10.1 Å². The molecule has 1 fully saturated rings. The van der Waals surface area contributed by atoms with Crippen molar-refractivity contribution in [1.82, 2.24) is 0 Å². The molecule has 0 saturated carbocycles. The molecule has 1 N–H and O–H groups in total. The van der Waals surface area contributed by atoms with E-state index < -0.39 is 4.92 Å². The maximum absolute atomic E-state index is 11.0. The standard InChI is InChI=1S/C17H18ClN3O2/c18-16-7-6-14(12-17(16)21(22)23)13-19-8-10-20(11-9-19)15-4-2-1-3-5-15/h1-7,12H,8-11,13H2/p+1. The highest BCUT2D eigenvalue weighted by atomic mass is 35.5. The Bertz CT molecular complexity index is 685. The minimum atomic E-state index is -0.422. The van der Waals surface area contributed by atoms with Crippen molar-refractivity contribution in [3.05, 3.63) is 69.2 Å². The third-order valence-corrected chi connectivity index (χ3v) is 4.57. The van der Waals surface area contributed by atoms with Crippen LogP contribution in [0.3, 0.4) is 0 Å². The lowest BCUT2D eigenvalue weighted by atomic mass is 10.1. The van der Waals surface area contributed by atoms with E-state index in [1.54, 1.807) is 12.1 Å². The van der Waals surface area contributed by atoms with Crippen molar-refractivity contribution in [1.29, 1.82) is 0 Å². The Morgan fingerprint density at radius 3 is 2.48 bits per heavy atom. The lowest BCUT2D eigenvalue weighted by Gasteiger charge is -2.33. The summed E-state index contributed by atoms with van der Waals surface area (Å²) in [6.07, 6.45) is 0. The van der Waals surface area contributed by atoms with E-state index in [0.717, 1.165) is 38.3 Å². The van der Waals surface area contributed by atoms with E-state index >= 15 is 0 Å². The smallest absolute Gasteiger partial charge is 0.288 e. The molecule has 120 valence electrons. The number of hydrogen-bond donors (Lipinski definition) is 1. The average Bonchev–Trinajstić information content (AvgIpc) is 2.58. The number of nitrogens with zero attached hydrogens (tertiary/aromatic N) is 2. The van der Waals surface area contributed by atoms with Crippen molar-refractivity contribution >= 4 is 23.0 Å². The first-order valence-electron chi connectivity index (χ1n) is 7.70. The molecule has 0 unspecified atom stereocenters. The normalized spacial score (nSPS) is 15.6. The summed E-state index contributed by atoms with van der Waals surface area (Å²) in [6.45, 7) is 4.82. The number of anilines is 1. The van der Waals surface area contributed by atoms with Gasteiger partial charge in [-0.1, -0.05) is 35.9 Å². The van der Waals surface area contributed by atoms with Crippen LogP contribution in [0.5, 0.6) is 0 Å². The van der Waals surface area contributed by atoms with Gasteiger partial charge in [-0.05, 0) is 18.2 Å². The number of para-hydroxylation sites is 1. The average molecular weight is 333 g/mol. The number of rotatable bonds is 4. The Balaban J connectivity index is 1.61. The monoisotopic (exact) mass is 332 g/mol. The first-order valence-corrected chi connectivity index (χ1v) is 8.07. The summed E-state index contributed by atoms with van der Waals surface area (Å²) in [5.41, 5.74) is 2.21. The van der Waals surface area contributed by atoms with Gasteiger partial charge in [0.15, 0.2) is 0 Å². The highest BCUT2D eigenvalue weighted by molar-refractivity contribution is 6.32. The molecule has 5 nitrogen and oxygen atoms in total. The zero-order valence-corrected chi connectivity index (χ0v) is 13.5. The molecule has 2 aromatic carbocycles. The van der Waals surface area contributed by atoms with Gasteiger partial charge in [-0.15, -0.1) is 0 Å². The predicted molar refractivity (Wildman–Crippen MR) is 91.2 cm³/mol. The Morgan fingerprint density at radius 1 is 1.13 bits per heavy atom. The van der Waals surface area contributed by atoms with Gasteiger partial charge in [0.2, 0.25) is 0 Å². The van der Waals surface area contributed by atoms with E-state index in [4.69, 9.17) is 11.6 Å². The second-order valence-electron chi connectivity index (χ2n) is 5.79. The minimum Gasteiger partial charge on any atom is -0.360 e. The highest BCUT2D eigenvalue weighted by Gasteiger charge is 2.21. The molecular formula is C17H19ClN3O2+. The summed E-state index contributed by atoms with van der Waals surface area (Å²) in [6, 6.07) is 15.5. The number of piperazine rings is 1. The van der Waals surface area contributed by atoms with Crippen molar-refractivity contribution in [2.45, 2.75) is 6.54 Å². The molecule has 0 radical (unpaired) electrons. The summed E-state index contributed by atoms with van der Waals surface area (Å²) in [5.74, 6) is 0. The summed E-state index contributed by atoms with van der Waals surface area (Å²) in [4.78, 5) is 14.4. The predicted octanol–water partition coefficient (Wildman–Crippen LogP) is 2.15. The van der Waals surface area contributed by atoms with Gasteiger partial charge >= 0.3 is 0 Å². The van der Waals surface area contributed by atoms with Crippen LogP contribution < -0.4 is 9.80 Å². The SMILES string of the molecule is O=[N+]([O-])c1cc(C[NH+]2CCN(c3ccccc3)CC2)ccc1Cl. The quantitative estimate of drug-likeness (QED) is 0.689. The molecule has 0 amide bonds. The van der Waals surface area contributed by atoms with Crippen molar-refractivity contribution in [2.75, 3.05) is 31.1 Å². The van der Waals surface area contributed by atoms with E-state index in [9.17, 15) is 10.1 Å². The molecule has 0 atom stereocenters. The van der Waals surface area contributed by atoms with Gasteiger partial charge in [0, 0.05) is 17.3 Å². The number of nitrogens with one attached hydrogen (secondary N) is 1. The largest absolute Gasteiger partial charge is 0.360 e. The molecule has 0 bridgehead atoms. The molecule has 0 aromatic heterocycles. The summed E-state index contributed by atoms with van der Waals surface area (Å²) < 4.78 is 0. The molecule has 1 heterocycles. The van der Waals surface area contributed by atoms with Crippen LogP contribution in [0, 0.1) is 10.1 Å². The second kappa shape index (κ2) is 6.98. The van der Waals surface area contributed by atoms with Crippen LogP contribution >= 0.6 is 11.6 Å². The fraction of sp³-hybridized carbons (Fsp3) is 0.294. The topological polar surface area (TPSA) is 50.8 Å². The number of nitro groups is 1. The Kier molecular flexibility index (Phi) is 4.79. The van der Waals surface area contributed by atoms with Crippen molar-refractivity contribution in [3.8, 4) is 0 Å². The molecular weight excluding hydrogens is 314 g/mol. The van der Waals surface area contributed by atoms with Crippen molar-refractivity contribution in [3.63, 3.8) is 0 Å². The van der Waals surface area contributed by atoms with Gasteiger partial charge in [0.1, 0.15) is 11.6 Å². The van der Waals surface area contributed by atoms with Crippen LogP contribution in [0.4, 0.5) is 11.4 Å². The van der Waals surface area contributed by atoms with Gasteiger partial charge in [0.05, 0.1) is 31.1 Å². The van der Waals surface area contributed by atoms with Crippen LogP contribution in [0.1, 0.15) is 5.56 Å². The molecule has 1 saturated heterocycles. The fourth-order valence-corrected chi connectivity index (χ4v) is 3.18. The molecule has 1 aliphatic heterocycles. The minimum absolute atomic E-state index is 0.00788. The van der Waals surface area contributed by atoms with E-state index in [-0.39, 0.29) is 10.7 Å². The molecule has 23 heavy (non-hydrogen) atoms. The second-order valence-corrected chi connectivity index (χ2v) is 6.20. The lowest BCUT2D eigenvalue weighted by molar-refractivity contribution is -0.914. The number of quaternary nitrogens is 1. The number of nitro benzene ring substituents is 1. The molecule has 1 aliphatic rings. The van der Waals surface area contributed by atoms with E-state index in [1.165, 1.54) is 10.6 Å². The van der Waals surface area contributed by atoms with Crippen LogP contribution in [-0.4, -0.2) is 31.1 Å². The zero-order chi connectivity index (χ0) is 16.2. The summed E-state index contributed by atoms with van der Waals surface area (Å²) >= 11 is 5.87. The fourth-order valence-electron chi connectivity index (χ4n) is 2.99. The first kappa shape index (κ1) is 15.8. The Labute approximate surface area is 140 Å². The van der Waals surface area contributed by atoms with Gasteiger partial charge in [-0.25, -0.2) is 0 Å². The van der Waals surface area contributed by atoms with E-state index in [1.807, 2.05) is 12.1 Å². The Hall–Kier alpha value is -2.11. The summed E-state index contributed by atoms with van der Waals surface area (Å²) in [7, 11) is 0. The van der Waals surface area contributed by atoms with Gasteiger partial charge in [0.25, 0.3) is 5.69 Å². The number of halogens is 1. The highest BCUT2D eigenvalue weighted by Crippen LogP contribution is 2.24. The van der Waals surface area contributed by atoms with E-state index in [2.05, 4.69) is 29.2 Å². The van der Waals surface area contributed by atoms with Crippen LogP contribution in [-0.2, 0) is 6.54 Å². The summed E-state index contributed by atoms with van der Waals surface area (Å²) in [5, 5.41) is 11.2. The van der Waals surface area contributed by atoms with Crippen LogP contribution in [0.2, 0.25) is 5.02 Å². The number of hydrogen-bond acceptors (Lipinski definition) is 3. The lowest BCUT2D eigenvalue weighted by Crippen LogP contribution is -3.13. The molecule has 3 rings (SSSR count). The number of benzene rings is 2. The maximum Gasteiger partial charge on any atom is 0.288 e. The third kappa shape index (κ3) is 3.81. The van der Waals surface area contributed by atoms with Crippen LogP contribution in [0.15, 0.2) is 48.5 Å². The molecule has 2 aromatic rings. The van der Waals surface area contributed by atoms with Crippen molar-refractivity contribution < 1.29 is 9.82 Å². The van der Waals surface area contributed by atoms with Crippen molar-refractivity contribution in [2.24, 2.45) is 0 Å². The van der Waals surface area contributed by atoms with E-state index in [0.29, 0.717) is 0 Å².